The lowest BCUT2D eigenvalue weighted by Gasteiger charge is -2.15. The van der Waals surface area contributed by atoms with Crippen LogP contribution < -0.4 is 14.2 Å². The van der Waals surface area contributed by atoms with Crippen molar-refractivity contribution >= 4 is 0 Å². The lowest BCUT2D eigenvalue weighted by molar-refractivity contribution is 0.272. The second-order valence-corrected chi connectivity index (χ2v) is 6.06. The molecular weight excluding hydrogens is 316 g/mol. The number of aryl methyl sites for hydroxylation is 1. The second-order valence-electron chi connectivity index (χ2n) is 6.06. The average Bonchev–Trinajstić information content (AvgIpc) is 2.64. The summed E-state index contributed by atoms with van der Waals surface area (Å²) in [6.45, 7) is 5.74. The first-order valence-corrected chi connectivity index (χ1v) is 8.34. The van der Waals surface area contributed by atoms with Crippen LogP contribution in [-0.2, 0) is 6.42 Å². The highest BCUT2D eigenvalue weighted by Gasteiger charge is 2.09. The van der Waals surface area contributed by atoms with Gasteiger partial charge in [-0.25, -0.2) is 0 Å². The zero-order chi connectivity index (χ0) is 18.2. The van der Waals surface area contributed by atoms with E-state index in [2.05, 4.69) is 25.6 Å². The molecule has 0 amide bonds. The molecule has 25 heavy (non-hydrogen) atoms. The Bertz CT molecular complexity index is 709. The summed E-state index contributed by atoms with van der Waals surface area (Å²) in [6, 6.07) is 14.0. The van der Waals surface area contributed by atoms with Crippen LogP contribution in [0, 0.1) is 0 Å². The van der Waals surface area contributed by atoms with Crippen molar-refractivity contribution in [3.05, 3.63) is 65.9 Å². The van der Waals surface area contributed by atoms with Crippen molar-refractivity contribution in [3.63, 3.8) is 0 Å². The number of hydrogen-bond donors (Lipinski definition) is 1. The van der Waals surface area contributed by atoms with E-state index in [4.69, 9.17) is 19.3 Å². The number of methoxy groups -OCH3 is 2. The third kappa shape index (κ3) is 5.45. The minimum Gasteiger partial charge on any atom is -0.509 e. The summed E-state index contributed by atoms with van der Waals surface area (Å²) >= 11 is 0. The summed E-state index contributed by atoms with van der Waals surface area (Å²) in [5.74, 6) is 2.65. The Morgan fingerprint density at radius 1 is 1.08 bits per heavy atom. The van der Waals surface area contributed by atoms with E-state index < -0.39 is 0 Å². The smallest absolute Gasteiger partial charge is 0.160 e. The molecule has 0 unspecified atom stereocenters. The molecule has 0 spiro atoms. The molecule has 134 valence electrons. The van der Waals surface area contributed by atoms with Crippen molar-refractivity contribution in [2.45, 2.75) is 25.7 Å². The highest BCUT2D eigenvalue weighted by Crippen LogP contribution is 2.30. The first kappa shape index (κ1) is 18.7. The fraction of sp³-hybridized carbons (Fsp3) is 0.333. The van der Waals surface area contributed by atoms with Crippen LogP contribution in [0.4, 0.5) is 0 Å². The molecular formula is C21H26O4. The normalized spacial score (nSPS) is 11.6. The summed E-state index contributed by atoms with van der Waals surface area (Å²) in [6.07, 6.45) is 1.95. The summed E-state index contributed by atoms with van der Waals surface area (Å²) < 4.78 is 16.1. The Morgan fingerprint density at radius 2 is 1.84 bits per heavy atom. The zero-order valence-electron chi connectivity index (χ0n) is 15.1. The van der Waals surface area contributed by atoms with Gasteiger partial charge in [0.05, 0.1) is 14.2 Å². The van der Waals surface area contributed by atoms with E-state index in [1.54, 1.807) is 14.2 Å². The maximum atomic E-state index is 9.14. The Labute approximate surface area is 149 Å². The zero-order valence-corrected chi connectivity index (χ0v) is 15.1. The quantitative estimate of drug-likeness (QED) is 0.659. The van der Waals surface area contributed by atoms with Crippen LogP contribution in [0.2, 0.25) is 0 Å². The highest BCUT2D eigenvalue weighted by molar-refractivity contribution is 5.43. The van der Waals surface area contributed by atoms with Crippen LogP contribution in [0.5, 0.6) is 17.2 Å². The molecule has 0 saturated carbocycles. The van der Waals surface area contributed by atoms with Gasteiger partial charge in [0, 0.05) is 0 Å². The molecule has 2 rings (SSSR count). The van der Waals surface area contributed by atoms with E-state index in [1.807, 2.05) is 30.3 Å². The molecule has 0 heterocycles. The number of benzene rings is 2. The van der Waals surface area contributed by atoms with Gasteiger partial charge < -0.3 is 19.3 Å². The average molecular weight is 342 g/mol. The van der Waals surface area contributed by atoms with E-state index in [0.717, 1.165) is 30.1 Å². The number of rotatable bonds is 9. The highest BCUT2D eigenvalue weighted by atomic mass is 16.5. The van der Waals surface area contributed by atoms with Gasteiger partial charge in [-0.1, -0.05) is 31.7 Å². The minimum absolute atomic E-state index is 0.0203. The van der Waals surface area contributed by atoms with Crippen LogP contribution in [0.25, 0.3) is 0 Å². The van der Waals surface area contributed by atoms with E-state index in [1.165, 1.54) is 11.1 Å². The minimum atomic E-state index is 0.0203. The van der Waals surface area contributed by atoms with Crippen LogP contribution in [0.3, 0.4) is 0 Å². The number of hydrogen-bond acceptors (Lipinski definition) is 4. The van der Waals surface area contributed by atoms with Gasteiger partial charge >= 0.3 is 0 Å². The van der Waals surface area contributed by atoms with Gasteiger partial charge in [0.15, 0.2) is 11.5 Å². The van der Waals surface area contributed by atoms with Gasteiger partial charge in [-0.3, -0.25) is 0 Å². The molecule has 4 heteroatoms. The lowest BCUT2D eigenvalue weighted by atomic mass is 9.94. The van der Waals surface area contributed by atoms with Gasteiger partial charge in [-0.15, -0.1) is 0 Å². The first-order valence-electron chi connectivity index (χ1n) is 8.34. The van der Waals surface area contributed by atoms with E-state index in [9.17, 15) is 0 Å². The maximum Gasteiger partial charge on any atom is 0.160 e. The summed E-state index contributed by atoms with van der Waals surface area (Å²) in [5, 5.41) is 9.14. The molecule has 0 bridgehead atoms. The van der Waals surface area contributed by atoms with Crippen molar-refractivity contribution < 1.29 is 19.3 Å². The van der Waals surface area contributed by atoms with E-state index >= 15 is 0 Å². The molecule has 0 saturated heterocycles. The number of aliphatic hydroxyl groups excluding tert-OH is 1. The van der Waals surface area contributed by atoms with Gasteiger partial charge in [0.1, 0.15) is 18.1 Å². The van der Waals surface area contributed by atoms with Crippen LogP contribution in [0.15, 0.2) is 54.8 Å². The van der Waals surface area contributed by atoms with E-state index in [0.29, 0.717) is 5.92 Å². The Balaban J connectivity index is 1.99. The third-order valence-corrected chi connectivity index (χ3v) is 4.15. The Kier molecular flexibility index (Phi) is 6.75. The lowest BCUT2D eigenvalue weighted by Crippen LogP contribution is -2.01. The van der Waals surface area contributed by atoms with Crippen molar-refractivity contribution in [1.82, 2.24) is 0 Å². The summed E-state index contributed by atoms with van der Waals surface area (Å²) in [7, 11) is 3.29. The van der Waals surface area contributed by atoms with E-state index in [-0.39, 0.29) is 12.4 Å². The molecule has 0 fully saturated rings. The van der Waals surface area contributed by atoms with Crippen molar-refractivity contribution in [1.29, 1.82) is 0 Å². The Morgan fingerprint density at radius 3 is 2.52 bits per heavy atom. The molecule has 2 aromatic carbocycles. The van der Waals surface area contributed by atoms with Gasteiger partial charge in [0.25, 0.3) is 0 Å². The predicted molar refractivity (Wildman–Crippen MR) is 100.0 cm³/mol. The fourth-order valence-corrected chi connectivity index (χ4v) is 2.66. The first-order chi connectivity index (χ1) is 12.0. The summed E-state index contributed by atoms with van der Waals surface area (Å²) in [4.78, 5) is 0. The SMILES string of the molecule is C=C(O)COc1cccc([C@H](C)CCc2ccc(OC)c(OC)c2)c1. The van der Waals surface area contributed by atoms with Crippen molar-refractivity contribution in [3.8, 4) is 17.2 Å². The topological polar surface area (TPSA) is 47.9 Å². The van der Waals surface area contributed by atoms with Crippen molar-refractivity contribution in [2.24, 2.45) is 0 Å². The predicted octanol–water partition coefficient (Wildman–Crippen LogP) is 4.89. The van der Waals surface area contributed by atoms with Crippen LogP contribution >= 0.6 is 0 Å². The number of ether oxygens (including phenoxy) is 3. The monoisotopic (exact) mass is 342 g/mol. The molecule has 0 aliphatic heterocycles. The van der Waals surface area contributed by atoms with Gasteiger partial charge in [-0.05, 0) is 54.2 Å². The fourth-order valence-electron chi connectivity index (χ4n) is 2.66. The molecule has 4 nitrogen and oxygen atoms in total. The molecule has 1 N–H and O–H groups in total. The van der Waals surface area contributed by atoms with Crippen LogP contribution in [0.1, 0.15) is 30.4 Å². The molecule has 1 atom stereocenters. The maximum absolute atomic E-state index is 9.14. The largest absolute Gasteiger partial charge is 0.509 e. The molecule has 0 radical (unpaired) electrons. The molecule has 0 aliphatic rings. The Hall–Kier alpha value is -2.62. The molecule has 0 aliphatic carbocycles. The third-order valence-electron chi connectivity index (χ3n) is 4.15. The molecule has 2 aromatic rings. The van der Waals surface area contributed by atoms with Crippen LogP contribution in [-0.4, -0.2) is 25.9 Å². The van der Waals surface area contributed by atoms with Crippen molar-refractivity contribution in [2.75, 3.05) is 20.8 Å². The number of aliphatic hydroxyl groups is 1. The second kappa shape index (κ2) is 9.02. The van der Waals surface area contributed by atoms with Gasteiger partial charge in [0.2, 0.25) is 0 Å². The summed E-state index contributed by atoms with van der Waals surface area (Å²) in [5.41, 5.74) is 2.43. The van der Waals surface area contributed by atoms with Gasteiger partial charge in [-0.2, -0.15) is 0 Å². The molecule has 0 aromatic heterocycles. The standard InChI is InChI=1S/C21H26O4/c1-15(18-6-5-7-19(13-18)25-14-16(2)22)8-9-17-10-11-20(23-3)21(12-17)24-4/h5-7,10-13,15,22H,2,8-9,14H2,1,3-4H3/t15-/m1/s1.